The van der Waals surface area contributed by atoms with Crippen molar-refractivity contribution in [3.8, 4) is 0 Å². The monoisotopic (exact) mass is 357 g/mol. The first kappa shape index (κ1) is 18.1. The van der Waals surface area contributed by atoms with Gasteiger partial charge in [-0.25, -0.2) is 4.79 Å². The number of imide groups is 1. The number of Topliss-reactive ketones (excluding diaryl/α,β-unsaturated/α-hetero) is 1. The molecule has 26 heavy (non-hydrogen) atoms. The molecule has 7 heteroatoms. The third kappa shape index (κ3) is 3.47. The van der Waals surface area contributed by atoms with E-state index in [1.165, 1.54) is 6.92 Å². The summed E-state index contributed by atoms with van der Waals surface area (Å²) in [5.74, 6) is -0.281. The first-order chi connectivity index (χ1) is 12.3. The average molecular weight is 357 g/mol. The summed E-state index contributed by atoms with van der Waals surface area (Å²) in [7, 11) is 0. The minimum atomic E-state index is -0.840. The predicted molar refractivity (Wildman–Crippen MR) is 95.7 cm³/mol. The van der Waals surface area contributed by atoms with Crippen molar-refractivity contribution in [2.45, 2.75) is 45.1 Å². The largest absolute Gasteiger partial charge is 0.325 e. The van der Waals surface area contributed by atoms with E-state index >= 15 is 0 Å². The van der Waals surface area contributed by atoms with E-state index in [4.69, 9.17) is 0 Å². The van der Waals surface area contributed by atoms with Crippen molar-refractivity contribution in [1.29, 1.82) is 0 Å². The molecule has 1 saturated carbocycles. The van der Waals surface area contributed by atoms with Gasteiger partial charge in [0.05, 0.1) is 0 Å². The molecule has 2 N–H and O–H groups in total. The number of amides is 4. The molecule has 138 valence electrons. The molecule has 0 radical (unpaired) electrons. The molecule has 0 bridgehead atoms. The summed E-state index contributed by atoms with van der Waals surface area (Å²) in [4.78, 5) is 49.5. The smallest absolute Gasteiger partial charge is 0.325 e. The summed E-state index contributed by atoms with van der Waals surface area (Å²) in [6, 6.07) is 5.95. The van der Waals surface area contributed by atoms with Crippen LogP contribution in [0.2, 0.25) is 0 Å². The fraction of sp³-hybridized carbons (Fsp3) is 0.474. The lowest BCUT2D eigenvalue weighted by Crippen LogP contribution is -2.49. The van der Waals surface area contributed by atoms with Crippen LogP contribution < -0.4 is 10.6 Å². The molecule has 1 aliphatic carbocycles. The van der Waals surface area contributed by atoms with Crippen LogP contribution in [0, 0.1) is 5.92 Å². The highest BCUT2D eigenvalue weighted by molar-refractivity contribution is 6.10. The van der Waals surface area contributed by atoms with Crippen LogP contribution >= 0.6 is 0 Å². The number of carbonyl (C=O) groups is 4. The summed E-state index contributed by atoms with van der Waals surface area (Å²) >= 11 is 0. The number of nitrogens with one attached hydrogen (secondary N) is 2. The Morgan fingerprint density at radius 2 is 1.81 bits per heavy atom. The van der Waals surface area contributed by atoms with Gasteiger partial charge in [0, 0.05) is 11.3 Å². The summed E-state index contributed by atoms with van der Waals surface area (Å²) in [5.41, 5.74) is 0.214. The van der Waals surface area contributed by atoms with Gasteiger partial charge in [0.15, 0.2) is 5.78 Å². The SMILES string of the molecule is CC(=O)c1ccc(NC(=O)CN2C(=O)NC3(CCC(C)CC3)C2=O)cc1. The zero-order valence-electron chi connectivity index (χ0n) is 15.0. The number of urea groups is 1. The second-order valence-electron chi connectivity index (χ2n) is 7.27. The summed E-state index contributed by atoms with van der Waals surface area (Å²) in [5, 5.41) is 5.45. The van der Waals surface area contributed by atoms with E-state index in [1.54, 1.807) is 24.3 Å². The molecule has 7 nitrogen and oxygen atoms in total. The molecule has 0 aromatic heterocycles. The van der Waals surface area contributed by atoms with Crippen molar-refractivity contribution >= 4 is 29.3 Å². The fourth-order valence-electron chi connectivity index (χ4n) is 3.55. The van der Waals surface area contributed by atoms with Crippen LogP contribution in [0.15, 0.2) is 24.3 Å². The lowest BCUT2D eigenvalue weighted by molar-refractivity contribution is -0.135. The number of anilines is 1. The van der Waals surface area contributed by atoms with Crippen molar-refractivity contribution in [3.63, 3.8) is 0 Å². The van der Waals surface area contributed by atoms with Gasteiger partial charge in [-0.15, -0.1) is 0 Å². The molecule has 1 aliphatic heterocycles. The highest BCUT2D eigenvalue weighted by Gasteiger charge is 2.52. The van der Waals surface area contributed by atoms with Crippen LogP contribution in [-0.4, -0.2) is 40.6 Å². The summed E-state index contributed by atoms with van der Waals surface area (Å²) in [6.45, 7) is 3.28. The van der Waals surface area contributed by atoms with Gasteiger partial charge in [-0.3, -0.25) is 19.3 Å². The van der Waals surface area contributed by atoms with Crippen LogP contribution in [0.5, 0.6) is 0 Å². The Morgan fingerprint density at radius 1 is 1.19 bits per heavy atom. The van der Waals surface area contributed by atoms with E-state index in [0.717, 1.165) is 17.7 Å². The van der Waals surface area contributed by atoms with Crippen LogP contribution in [0.4, 0.5) is 10.5 Å². The molecule has 3 rings (SSSR count). The number of nitrogens with zero attached hydrogens (tertiary/aromatic N) is 1. The normalized spacial score (nSPS) is 25.3. The molecule has 0 atom stereocenters. The van der Waals surface area contributed by atoms with E-state index < -0.39 is 17.5 Å². The average Bonchev–Trinajstić information content (AvgIpc) is 2.82. The molecule has 2 fully saturated rings. The van der Waals surface area contributed by atoms with Crippen molar-refractivity contribution in [1.82, 2.24) is 10.2 Å². The quantitative estimate of drug-likeness (QED) is 0.638. The van der Waals surface area contributed by atoms with Gasteiger partial charge in [0.1, 0.15) is 12.1 Å². The Labute approximate surface area is 152 Å². The molecule has 1 spiro atoms. The Kier molecular flexibility index (Phi) is 4.80. The number of hydrogen-bond acceptors (Lipinski definition) is 4. The predicted octanol–water partition coefficient (Wildman–Crippen LogP) is 2.33. The number of ketones is 1. The number of rotatable bonds is 4. The lowest BCUT2D eigenvalue weighted by Gasteiger charge is -2.33. The summed E-state index contributed by atoms with van der Waals surface area (Å²) in [6.07, 6.45) is 3.00. The van der Waals surface area contributed by atoms with Crippen LogP contribution in [0.25, 0.3) is 0 Å². The Balaban J connectivity index is 1.63. The molecular weight excluding hydrogens is 334 g/mol. The molecule has 1 aromatic rings. The third-order valence-corrected chi connectivity index (χ3v) is 5.25. The second-order valence-corrected chi connectivity index (χ2v) is 7.27. The molecule has 1 heterocycles. The van der Waals surface area contributed by atoms with Crippen molar-refractivity contribution in [3.05, 3.63) is 29.8 Å². The highest BCUT2D eigenvalue weighted by Crippen LogP contribution is 2.36. The fourth-order valence-corrected chi connectivity index (χ4v) is 3.55. The molecule has 0 unspecified atom stereocenters. The van der Waals surface area contributed by atoms with E-state index in [1.807, 2.05) is 0 Å². The molecular formula is C19H23N3O4. The van der Waals surface area contributed by atoms with E-state index in [9.17, 15) is 19.2 Å². The third-order valence-electron chi connectivity index (χ3n) is 5.25. The Bertz CT molecular complexity index is 749. The van der Waals surface area contributed by atoms with Gasteiger partial charge in [0.2, 0.25) is 5.91 Å². The van der Waals surface area contributed by atoms with Crippen LogP contribution in [0.3, 0.4) is 0 Å². The van der Waals surface area contributed by atoms with Gasteiger partial charge >= 0.3 is 6.03 Å². The first-order valence-corrected chi connectivity index (χ1v) is 8.86. The Morgan fingerprint density at radius 3 is 2.38 bits per heavy atom. The maximum absolute atomic E-state index is 12.7. The minimum absolute atomic E-state index is 0.0608. The van der Waals surface area contributed by atoms with Crippen LogP contribution in [0.1, 0.15) is 49.9 Å². The lowest BCUT2D eigenvalue weighted by atomic mass is 9.77. The zero-order valence-corrected chi connectivity index (χ0v) is 15.0. The number of carbonyl (C=O) groups excluding carboxylic acids is 4. The van der Waals surface area contributed by atoms with Gasteiger partial charge in [-0.1, -0.05) is 6.92 Å². The molecule has 1 saturated heterocycles. The number of benzene rings is 1. The summed E-state index contributed by atoms with van der Waals surface area (Å²) < 4.78 is 0. The van der Waals surface area contributed by atoms with Gasteiger partial charge in [0.25, 0.3) is 5.91 Å². The van der Waals surface area contributed by atoms with Gasteiger partial charge in [-0.2, -0.15) is 0 Å². The first-order valence-electron chi connectivity index (χ1n) is 8.86. The van der Waals surface area contributed by atoms with Crippen molar-refractivity contribution in [2.75, 3.05) is 11.9 Å². The molecule has 1 aromatic carbocycles. The van der Waals surface area contributed by atoms with E-state index in [0.29, 0.717) is 30.0 Å². The standard InChI is InChI=1S/C19H23N3O4/c1-12-7-9-19(10-8-12)17(25)22(18(26)21-19)11-16(24)20-15-5-3-14(4-6-15)13(2)23/h3-6,12H,7-11H2,1-2H3,(H,20,24)(H,21,26). The molecule has 4 amide bonds. The van der Waals surface area contributed by atoms with Gasteiger partial charge < -0.3 is 10.6 Å². The number of hydrogen-bond donors (Lipinski definition) is 2. The van der Waals surface area contributed by atoms with Crippen molar-refractivity contribution in [2.24, 2.45) is 5.92 Å². The van der Waals surface area contributed by atoms with Crippen molar-refractivity contribution < 1.29 is 19.2 Å². The molecule has 2 aliphatic rings. The Hall–Kier alpha value is -2.70. The van der Waals surface area contributed by atoms with Crippen LogP contribution in [-0.2, 0) is 9.59 Å². The zero-order chi connectivity index (χ0) is 18.9. The highest BCUT2D eigenvalue weighted by atomic mass is 16.2. The maximum atomic E-state index is 12.7. The maximum Gasteiger partial charge on any atom is 0.325 e. The van der Waals surface area contributed by atoms with E-state index in [-0.39, 0.29) is 18.2 Å². The topological polar surface area (TPSA) is 95.6 Å². The minimum Gasteiger partial charge on any atom is -0.325 e. The van der Waals surface area contributed by atoms with E-state index in [2.05, 4.69) is 17.6 Å². The second kappa shape index (κ2) is 6.90. The van der Waals surface area contributed by atoms with Gasteiger partial charge in [-0.05, 0) is 62.8 Å².